The van der Waals surface area contributed by atoms with Crippen LogP contribution < -0.4 is 9.47 Å². The van der Waals surface area contributed by atoms with Crippen LogP contribution >= 0.6 is 11.8 Å². The van der Waals surface area contributed by atoms with Crippen LogP contribution in [0.5, 0.6) is 11.5 Å². The predicted molar refractivity (Wildman–Crippen MR) is 145 cm³/mol. The highest BCUT2D eigenvalue weighted by Crippen LogP contribution is 2.34. The van der Waals surface area contributed by atoms with E-state index >= 15 is 0 Å². The molecule has 0 aliphatic carbocycles. The van der Waals surface area contributed by atoms with Crippen molar-refractivity contribution in [3.8, 4) is 11.5 Å². The second kappa shape index (κ2) is 10.9. The van der Waals surface area contributed by atoms with Crippen molar-refractivity contribution in [1.82, 2.24) is 4.90 Å². The van der Waals surface area contributed by atoms with Gasteiger partial charge in [0, 0.05) is 0 Å². The zero-order valence-corrected chi connectivity index (χ0v) is 21.8. The lowest BCUT2D eigenvalue weighted by atomic mass is 9.87. The molecule has 2 aromatic carbocycles. The van der Waals surface area contributed by atoms with Gasteiger partial charge in [0.2, 0.25) is 0 Å². The van der Waals surface area contributed by atoms with Gasteiger partial charge in [-0.2, -0.15) is 5.10 Å². The van der Waals surface area contributed by atoms with Gasteiger partial charge in [0.1, 0.15) is 5.76 Å². The molecule has 36 heavy (non-hydrogen) atoms. The number of amides is 1. The summed E-state index contributed by atoms with van der Waals surface area (Å²) < 4.78 is 16.1. The van der Waals surface area contributed by atoms with Crippen molar-refractivity contribution in [3.05, 3.63) is 88.2 Å². The highest BCUT2D eigenvalue weighted by atomic mass is 32.2. The topological polar surface area (TPSA) is 76.6 Å². The SMILES string of the molecule is COc1ccc(/C=N/N=C2\S/C(=C\c3ccc(C(C)(C)C)cc3)C(=O)N2Cc2ccco2)cc1OC. The van der Waals surface area contributed by atoms with E-state index < -0.39 is 0 Å². The first-order chi connectivity index (χ1) is 17.3. The first kappa shape index (κ1) is 25.3. The van der Waals surface area contributed by atoms with Crippen LogP contribution in [0.15, 0.2) is 80.4 Å². The number of furan rings is 1. The van der Waals surface area contributed by atoms with Gasteiger partial charge in [0.15, 0.2) is 16.7 Å². The maximum atomic E-state index is 13.3. The van der Waals surface area contributed by atoms with E-state index in [9.17, 15) is 4.79 Å². The number of methoxy groups -OCH3 is 2. The van der Waals surface area contributed by atoms with E-state index in [1.807, 2.05) is 36.4 Å². The summed E-state index contributed by atoms with van der Waals surface area (Å²) in [4.78, 5) is 15.4. The maximum Gasteiger partial charge on any atom is 0.267 e. The quantitative estimate of drug-likeness (QED) is 0.221. The molecule has 2 heterocycles. The number of benzene rings is 2. The summed E-state index contributed by atoms with van der Waals surface area (Å²) in [6, 6.07) is 17.3. The van der Waals surface area contributed by atoms with E-state index in [1.54, 1.807) is 43.7 Å². The average molecular weight is 504 g/mol. The van der Waals surface area contributed by atoms with E-state index in [2.05, 4.69) is 43.1 Å². The lowest BCUT2D eigenvalue weighted by molar-refractivity contribution is -0.122. The number of carbonyl (C=O) groups excluding carboxylic acids is 1. The number of hydrogen-bond acceptors (Lipinski definition) is 7. The van der Waals surface area contributed by atoms with Gasteiger partial charge in [-0.1, -0.05) is 45.0 Å². The zero-order chi connectivity index (χ0) is 25.7. The molecule has 0 saturated carbocycles. The fourth-order valence-electron chi connectivity index (χ4n) is 3.59. The standard InChI is InChI=1S/C28H29N3O4S/c1-28(2,3)21-11-8-19(9-12-21)16-25-26(32)31(18-22-7-6-14-35-22)27(36-25)30-29-17-20-10-13-23(33-4)24(15-20)34-5/h6-17H,18H2,1-5H3/b25-16-,29-17+,30-27-. The van der Waals surface area contributed by atoms with E-state index in [-0.39, 0.29) is 17.9 Å². The number of amidine groups is 1. The minimum Gasteiger partial charge on any atom is -0.493 e. The van der Waals surface area contributed by atoms with Crippen LogP contribution in [0.2, 0.25) is 0 Å². The van der Waals surface area contributed by atoms with Gasteiger partial charge in [-0.3, -0.25) is 9.69 Å². The number of nitrogens with zero attached hydrogens (tertiary/aromatic N) is 3. The average Bonchev–Trinajstić information content (AvgIpc) is 3.48. The monoisotopic (exact) mass is 503 g/mol. The number of hydrogen-bond donors (Lipinski definition) is 0. The summed E-state index contributed by atoms with van der Waals surface area (Å²) in [6.45, 7) is 6.79. The summed E-state index contributed by atoms with van der Waals surface area (Å²) in [5.41, 5.74) is 3.04. The Balaban J connectivity index is 1.60. The fourth-order valence-corrected chi connectivity index (χ4v) is 4.52. The van der Waals surface area contributed by atoms with Crippen LogP contribution in [-0.4, -0.2) is 36.4 Å². The van der Waals surface area contributed by atoms with Crippen molar-refractivity contribution < 1.29 is 18.7 Å². The number of ether oxygens (including phenoxy) is 2. The second-order valence-electron chi connectivity index (χ2n) is 9.19. The normalized spacial score (nSPS) is 16.5. The third-order valence-electron chi connectivity index (χ3n) is 5.61. The molecule has 1 aliphatic rings. The van der Waals surface area contributed by atoms with Crippen LogP contribution in [0.4, 0.5) is 0 Å². The van der Waals surface area contributed by atoms with Crippen molar-refractivity contribution in [2.24, 2.45) is 10.2 Å². The third-order valence-corrected chi connectivity index (χ3v) is 6.61. The lowest BCUT2D eigenvalue weighted by Gasteiger charge is -2.18. The molecule has 0 unspecified atom stereocenters. The Bertz CT molecular complexity index is 1300. The Hall–Kier alpha value is -3.78. The third kappa shape index (κ3) is 5.88. The van der Waals surface area contributed by atoms with Crippen molar-refractivity contribution >= 4 is 35.1 Å². The molecule has 1 saturated heterocycles. The van der Waals surface area contributed by atoms with Gasteiger partial charge >= 0.3 is 0 Å². The first-order valence-electron chi connectivity index (χ1n) is 11.5. The molecule has 1 fully saturated rings. The minimum atomic E-state index is -0.142. The van der Waals surface area contributed by atoms with Gasteiger partial charge in [0.25, 0.3) is 5.91 Å². The minimum absolute atomic E-state index is 0.0647. The van der Waals surface area contributed by atoms with Crippen LogP contribution in [0, 0.1) is 0 Å². The van der Waals surface area contributed by atoms with E-state index in [4.69, 9.17) is 13.9 Å². The molecule has 7 nitrogen and oxygen atoms in total. The molecule has 1 amide bonds. The Labute approximate surface area is 215 Å². The van der Waals surface area contributed by atoms with Gasteiger partial charge in [0.05, 0.1) is 38.1 Å². The maximum absolute atomic E-state index is 13.3. The highest BCUT2D eigenvalue weighted by Gasteiger charge is 2.34. The Kier molecular flexibility index (Phi) is 7.64. The van der Waals surface area contributed by atoms with Crippen LogP contribution in [-0.2, 0) is 16.8 Å². The molecular weight excluding hydrogens is 474 g/mol. The van der Waals surface area contributed by atoms with Crippen LogP contribution in [0.3, 0.4) is 0 Å². The molecule has 0 spiro atoms. The van der Waals surface area contributed by atoms with Crippen molar-refractivity contribution in [3.63, 3.8) is 0 Å². The van der Waals surface area contributed by atoms with Gasteiger partial charge < -0.3 is 13.9 Å². The molecule has 0 bridgehead atoms. The smallest absolute Gasteiger partial charge is 0.267 e. The van der Waals surface area contributed by atoms with Crippen LogP contribution in [0.25, 0.3) is 6.08 Å². The largest absolute Gasteiger partial charge is 0.493 e. The number of carbonyl (C=O) groups is 1. The molecule has 0 radical (unpaired) electrons. The molecular formula is C28H29N3O4S. The molecule has 4 rings (SSSR count). The molecule has 3 aromatic rings. The van der Waals surface area contributed by atoms with Crippen LogP contribution in [0.1, 0.15) is 43.2 Å². The van der Waals surface area contributed by atoms with E-state index in [0.717, 1.165) is 11.1 Å². The first-order valence-corrected chi connectivity index (χ1v) is 12.3. The fraction of sp³-hybridized carbons (Fsp3) is 0.250. The number of rotatable bonds is 7. The summed E-state index contributed by atoms with van der Waals surface area (Å²) >= 11 is 1.29. The van der Waals surface area contributed by atoms with Crippen molar-refractivity contribution in [2.45, 2.75) is 32.7 Å². The van der Waals surface area contributed by atoms with Crippen molar-refractivity contribution in [1.29, 1.82) is 0 Å². The molecule has 0 N–H and O–H groups in total. The van der Waals surface area contributed by atoms with Gasteiger partial charge in [-0.25, -0.2) is 0 Å². The Morgan fingerprint density at radius 1 is 1.00 bits per heavy atom. The Morgan fingerprint density at radius 3 is 2.36 bits per heavy atom. The van der Waals surface area contributed by atoms with E-state index in [1.165, 1.54) is 17.3 Å². The molecule has 186 valence electrons. The molecule has 0 atom stereocenters. The summed E-state index contributed by atoms with van der Waals surface area (Å²) in [5.74, 6) is 1.75. The highest BCUT2D eigenvalue weighted by molar-refractivity contribution is 8.18. The van der Waals surface area contributed by atoms with Gasteiger partial charge in [-0.05, 0) is 70.3 Å². The summed E-state index contributed by atoms with van der Waals surface area (Å²) in [7, 11) is 3.17. The summed E-state index contributed by atoms with van der Waals surface area (Å²) in [5, 5.41) is 9.09. The Morgan fingerprint density at radius 2 is 1.72 bits per heavy atom. The molecule has 8 heteroatoms. The molecule has 1 aromatic heterocycles. The second-order valence-corrected chi connectivity index (χ2v) is 10.2. The summed E-state index contributed by atoms with van der Waals surface area (Å²) in [6.07, 6.45) is 5.08. The predicted octanol–water partition coefficient (Wildman–Crippen LogP) is 6.10. The van der Waals surface area contributed by atoms with Crippen molar-refractivity contribution in [2.75, 3.05) is 14.2 Å². The number of thioether (sulfide) groups is 1. The zero-order valence-electron chi connectivity index (χ0n) is 21.0. The molecule has 1 aliphatic heterocycles. The van der Waals surface area contributed by atoms with E-state index in [0.29, 0.717) is 27.3 Å². The lowest BCUT2D eigenvalue weighted by Crippen LogP contribution is -2.28. The van der Waals surface area contributed by atoms with Gasteiger partial charge in [-0.15, -0.1) is 5.10 Å².